The van der Waals surface area contributed by atoms with Gasteiger partial charge in [0.25, 0.3) is 10.0 Å². The second kappa shape index (κ2) is 11.0. The number of nitrogens with one attached hydrogen (secondary N) is 1. The van der Waals surface area contributed by atoms with Crippen molar-refractivity contribution in [3.8, 4) is 17.2 Å². The van der Waals surface area contributed by atoms with Crippen LogP contribution in [0.15, 0.2) is 108 Å². The molecule has 0 saturated carbocycles. The molecular weight excluding hydrogens is 499 g/mol. The maximum atomic E-state index is 14.6. The third-order valence-electron chi connectivity index (χ3n) is 5.10. The maximum Gasteiger partial charge on any atom is 0.453 e. The van der Waals surface area contributed by atoms with Gasteiger partial charge in [0.15, 0.2) is 10.8 Å². The molecule has 0 fully saturated rings. The van der Waals surface area contributed by atoms with Gasteiger partial charge in [0, 0.05) is 5.69 Å². The molecule has 0 aliphatic heterocycles. The van der Waals surface area contributed by atoms with E-state index in [1.807, 2.05) is 0 Å². The molecule has 0 spiro atoms. The minimum atomic E-state index is -4.31. The van der Waals surface area contributed by atoms with Gasteiger partial charge < -0.3 is 13.8 Å². The average Bonchev–Trinajstić information content (AvgIpc) is 2.88. The van der Waals surface area contributed by atoms with E-state index in [0.717, 1.165) is 0 Å². The van der Waals surface area contributed by atoms with Gasteiger partial charge in [0.2, 0.25) is 0 Å². The van der Waals surface area contributed by atoms with Crippen LogP contribution in [-0.2, 0) is 14.6 Å². The number of ether oxygens (including phenoxy) is 1. The molecule has 1 atom stereocenters. The summed E-state index contributed by atoms with van der Waals surface area (Å²) < 4.78 is 61.0. The highest BCUT2D eigenvalue weighted by Gasteiger charge is 2.44. The number of sulfonamides is 1. The summed E-state index contributed by atoms with van der Waals surface area (Å²) in [5.41, 5.74) is 0.866. The molecule has 4 rings (SSSR count). The number of methoxy groups -OCH3 is 1. The predicted molar refractivity (Wildman–Crippen MR) is 137 cm³/mol. The third kappa shape index (κ3) is 6.12. The molecule has 3 aromatic carbocycles. The summed E-state index contributed by atoms with van der Waals surface area (Å²) >= 11 is 0. The second-order valence-electron chi connectivity index (χ2n) is 7.76. The SMILES string of the molecule is COc1ccc([C@@H](NS(=O)(=O)c2cccc(C)n2)P(=O)(Oc2ccccc2)Oc2ccccc2)cc1. The van der Waals surface area contributed by atoms with Crippen LogP contribution in [-0.4, -0.2) is 20.5 Å². The van der Waals surface area contributed by atoms with Crippen LogP contribution in [0, 0.1) is 6.92 Å². The summed E-state index contributed by atoms with van der Waals surface area (Å²) in [6.07, 6.45) is 0. The zero-order valence-corrected chi connectivity index (χ0v) is 21.4. The first-order valence-corrected chi connectivity index (χ1v) is 14.1. The monoisotopic (exact) mass is 524 g/mol. The smallest absolute Gasteiger partial charge is 0.453 e. The van der Waals surface area contributed by atoms with Crippen molar-refractivity contribution in [3.63, 3.8) is 0 Å². The second-order valence-corrected chi connectivity index (χ2v) is 11.4. The van der Waals surface area contributed by atoms with E-state index in [1.54, 1.807) is 104 Å². The maximum absolute atomic E-state index is 14.6. The molecule has 0 unspecified atom stereocenters. The zero-order chi connectivity index (χ0) is 25.6. The van der Waals surface area contributed by atoms with Gasteiger partial charge in [-0.1, -0.05) is 54.6 Å². The molecule has 186 valence electrons. The summed E-state index contributed by atoms with van der Waals surface area (Å²) in [6.45, 7) is 1.68. The highest BCUT2D eigenvalue weighted by atomic mass is 32.2. The Morgan fingerprint density at radius 3 is 1.81 bits per heavy atom. The van der Waals surface area contributed by atoms with Crippen LogP contribution in [0.4, 0.5) is 0 Å². The fourth-order valence-corrected chi connectivity index (χ4v) is 6.98. The number of benzene rings is 3. The van der Waals surface area contributed by atoms with Gasteiger partial charge in [-0.25, -0.2) is 18.0 Å². The van der Waals surface area contributed by atoms with E-state index < -0.39 is 23.4 Å². The molecule has 0 aliphatic rings. The lowest BCUT2D eigenvalue weighted by Crippen LogP contribution is -2.31. The molecule has 36 heavy (non-hydrogen) atoms. The van der Waals surface area contributed by atoms with E-state index in [2.05, 4.69) is 9.71 Å². The fraction of sp³-hybridized carbons (Fsp3) is 0.115. The fourth-order valence-electron chi connectivity index (χ4n) is 3.36. The Morgan fingerprint density at radius 1 is 0.750 bits per heavy atom. The molecule has 0 saturated heterocycles. The average molecular weight is 525 g/mol. The Hall–Kier alpha value is -3.65. The minimum Gasteiger partial charge on any atom is -0.497 e. The topological polar surface area (TPSA) is 104 Å². The number of aryl methyl sites for hydroxylation is 1. The van der Waals surface area contributed by atoms with E-state index in [9.17, 15) is 13.0 Å². The number of nitrogens with zero attached hydrogens (tertiary/aromatic N) is 1. The van der Waals surface area contributed by atoms with Crippen LogP contribution in [0.2, 0.25) is 0 Å². The standard InChI is InChI=1S/C26H25N2O6PS/c1-20-10-9-15-25(27-20)36(30,31)28-26(21-16-18-22(32-2)19-17-21)35(29,33-23-11-5-3-6-12-23)34-24-13-7-4-8-14-24/h3-19,26,28H,1-2H3/t26-/m0/s1. The van der Waals surface area contributed by atoms with Crippen molar-refractivity contribution in [1.82, 2.24) is 9.71 Å². The minimum absolute atomic E-state index is 0.216. The van der Waals surface area contributed by atoms with Crippen LogP contribution in [0.5, 0.6) is 17.2 Å². The van der Waals surface area contributed by atoms with Gasteiger partial charge in [-0.15, -0.1) is 0 Å². The molecule has 4 aromatic rings. The van der Waals surface area contributed by atoms with Crippen molar-refractivity contribution >= 4 is 17.6 Å². The van der Waals surface area contributed by atoms with E-state index in [0.29, 0.717) is 17.0 Å². The van der Waals surface area contributed by atoms with Crippen LogP contribution in [0.1, 0.15) is 17.0 Å². The molecule has 0 bridgehead atoms. The van der Waals surface area contributed by atoms with Crippen LogP contribution < -0.4 is 18.5 Å². The van der Waals surface area contributed by atoms with Crippen molar-refractivity contribution in [2.75, 3.05) is 7.11 Å². The number of pyridine rings is 1. The lowest BCUT2D eigenvalue weighted by molar-refractivity contribution is 0.368. The molecule has 10 heteroatoms. The molecule has 1 N–H and O–H groups in total. The Morgan fingerprint density at radius 2 is 1.31 bits per heavy atom. The van der Waals surface area contributed by atoms with Gasteiger partial charge in [-0.2, -0.15) is 4.72 Å². The first-order valence-electron chi connectivity index (χ1n) is 11.0. The van der Waals surface area contributed by atoms with Gasteiger partial charge >= 0.3 is 7.60 Å². The van der Waals surface area contributed by atoms with E-state index in [1.165, 1.54) is 13.2 Å². The van der Waals surface area contributed by atoms with Crippen LogP contribution in [0.25, 0.3) is 0 Å². The Balaban J connectivity index is 1.84. The summed E-state index contributed by atoms with van der Waals surface area (Å²) in [5.74, 6) is -0.370. The Labute approximate surface area is 210 Å². The molecule has 0 radical (unpaired) electrons. The number of rotatable bonds is 10. The molecule has 8 nitrogen and oxygen atoms in total. The highest BCUT2D eigenvalue weighted by molar-refractivity contribution is 7.89. The third-order valence-corrected chi connectivity index (χ3v) is 8.59. The zero-order valence-electron chi connectivity index (χ0n) is 19.6. The van der Waals surface area contributed by atoms with Crippen LogP contribution >= 0.6 is 7.60 Å². The van der Waals surface area contributed by atoms with Gasteiger partial charge in [-0.05, 0) is 61.0 Å². The lowest BCUT2D eigenvalue weighted by atomic mass is 10.2. The number of para-hydroxylation sites is 2. The molecule has 1 heterocycles. The van der Waals surface area contributed by atoms with E-state index in [4.69, 9.17) is 13.8 Å². The first kappa shape index (κ1) is 25.4. The van der Waals surface area contributed by atoms with Crippen molar-refractivity contribution in [2.24, 2.45) is 0 Å². The number of hydrogen-bond acceptors (Lipinski definition) is 7. The van der Waals surface area contributed by atoms with Crippen molar-refractivity contribution in [2.45, 2.75) is 17.7 Å². The lowest BCUT2D eigenvalue weighted by Gasteiger charge is -2.28. The van der Waals surface area contributed by atoms with E-state index >= 15 is 0 Å². The summed E-state index contributed by atoms with van der Waals surface area (Å²) in [7, 11) is -7.03. The Bertz CT molecular complexity index is 1400. The van der Waals surface area contributed by atoms with Crippen molar-refractivity contribution < 1.29 is 26.8 Å². The molecule has 0 amide bonds. The molecular formula is C26H25N2O6PS. The molecule has 1 aromatic heterocycles. The summed E-state index contributed by atoms with van der Waals surface area (Å²) in [5, 5.41) is -0.216. The normalized spacial score (nSPS) is 12.5. The summed E-state index contributed by atoms with van der Waals surface area (Å²) in [6, 6.07) is 28.0. The van der Waals surface area contributed by atoms with Gasteiger partial charge in [-0.3, -0.25) is 0 Å². The Kier molecular flexibility index (Phi) is 7.74. The number of hydrogen-bond donors (Lipinski definition) is 1. The van der Waals surface area contributed by atoms with Gasteiger partial charge in [0.05, 0.1) is 7.11 Å². The van der Waals surface area contributed by atoms with Crippen LogP contribution in [0.3, 0.4) is 0 Å². The predicted octanol–water partition coefficient (Wildman–Crippen LogP) is 5.73. The largest absolute Gasteiger partial charge is 0.497 e. The van der Waals surface area contributed by atoms with Crippen molar-refractivity contribution in [1.29, 1.82) is 0 Å². The highest BCUT2D eigenvalue weighted by Crippen LogP contribution is 2.59. The summed E-state index contributed by atoms with van der Waals surface area (Å²) in [4.78, 5) is 4.13. The quantitative estimate of drug-likeness (QED) is 0.264. The molecule has 0 aliphatic carbocycles. The van der Waals surface area contributed by atoms with Gasteiger partial charge in [0.1, 0.15) is 17.2 Å². The first-order chi connectivity index (χ1) is 17.3. The van der Waals surface area contributed by atoms with Crippen molar-refractivity contribution in [3.05, 3.63) is 114 Å². The number of aromatic nitrogens is 1. The van der Waals surface area contributed by atoms with E-state index in [-0.39, 0.29) is 16.5 Å².